The highest BCUT2D eigenvalue weighted by Gasteiger charge is 2.29. The van der Waals surface area contributed by atoms with Crippen molar-refractivity contribution in [2.45, 2.75) is 18.9 Å². The van der Waals surface area contributed by atoms with Crippen molar-refractivity contribution in [3.63, 3.8) is 0 Å². The maximum atomic E-state index is 10.8. The van der Waals surface area contributed by atoms with Gasteiger partial charge in [0.15, 0.2) is 0 Å². The molecule has 0 saturated carbocycles. The van der Waals surface area contributed by atoms with Crippen LogP contribution in [0.15, 0.2) is 12.1 Å². The zero-order valence-corrected chi connectivity index (χ0v) is 8.12. The van der Waals surface area contributed by atoms with E-state index < -0.39 is 4.92 Å². The highest BCUT2D eigenvalue weighted by molar-refractivity contribution is 6.32. The SMILES string of the molecule is N[C@@H]1CCc2c1ccc(Cl)c2[N+](=O)[O-]. The van der Waals surface area contributed by atoms with E-state index in [0.717, 1.165) is 12.0 Å². The third-order valence-corrected chi connectivity index (χ3v) is 2.86. The van der Waals surface area contributed by atoms with Crippen molar-refractivity contribution in [1.82, 2.24) is 0 Å². The van der Waals surface area contributed by atoms with Crippen LogP contribution in [0.1, 0.15) is 23.6 Å². The molecule has 0 heterocycles. The molecule has 1 aromatic carbocycles. The number of nitrogens with two attached hydrogens (primary N) is 1. The van der Waals surface area contributed by atoms with Gasteiger partial charge in [0.1, 0.15) is 5.02 Å². The van der Waals surface area contributed by atoms with Crippen LogP contribution in [-0.4, -0.2) is 4.92 Å². The molecule has 1 aromatic rings. The zero-order chi connectivity index (χ0) is 10.3. The summed E-state index contributed by atoms with van der Waals surface area (Å²) in [6.07, 6.45) is 1.41. The molecule has 14 heavy (non-hydrogen) atoms. The molecule has 2 N–H and O–H groups in total. The molecular weight excluding hydrogens is 204 g/mol. The molecule has 1 atom stereocenters. The number of nitrogens with zero attached hydrogens (tertiary/aromatic N) is 1. The van der Waals surface area contributed by atoms with Crippen molar-refractivity contribution in [2.24, 2.45) is 5.73 Å². The average molecular weight is 213 g/mol. The Morgan fingerprint density at radius 2 is 2.29 bits per heavy atom. The number of nitro benzene ring substituents is 1. The topological polar surface area (TPSA) is 69.2 Å². The van der Waals surface area contributed by atoms with Gasteiger partial charge in [0.25, 0.3) is 5.69 Å². The maximum Gasteiger partial charge on any atom is 0.291 e. The molecule has 74 valence electrons. The first-order valence-corrected chi connectivity index (χ1v) is 4.70. The molecule has 0 aliphatic heterocycles. The van der Waals surface area contributed by atoms with Gasteiger partial charge in [-0.05, 0) is 24.5 Å². The van der Waals surface area contributed by atoms with Crippen LogP contribution < -0.4 is 5.73 Å². The molecule has 0 spiro atoms. The predicted molar refractivity (Wildman–Crippen MR) is 53.4 cm³/mol. The van der Waals surface area contributed by atoms with Crippen LogP contribution in [0.2, 0.25) is 5.02 Å². The first-order valence-electron chi connectivity index (χ1n) is 4.32. The van der Waals surface area contributed by atoms with Crippen molar-refractivity contribution in [1.29, 1.82) is 0 Å². The summed E-state index contributed by atoms with van der Waals surface area (Å²) >= 11 is 5.77. The predicted octanol–water partition coefficient (Wildman–Crippen LogP) is 2.19. The van der Waals surface area contributed by atoms with E-state index in [1.165, 1.54) is 0 Å². The van der Waals surface area contributed by atoms with Crippen LogP contribution in [0.3, 0.4) is 0 Å². The molecule has 0 unspecified atom stereocenters. The molecule has 1 aliphatic carbocycles. The molecule has 0 radical (unpaired) electrons. The van der Waals surface area contributed by atoms with E-state index >= 15 is 0 Å². The molecule has 0 aromatic heterocycles. The fraction of sp³-hybridized carbons (Fsp3) is 0.333. The molecule has 4 nitrogen and oxygen atoms in total. The van der Waals surface area contributed by atoms with Gasteiger partial charge in [-0.2, -0.15) is 0 Å². The fourth-order valence-corrected chi connectivity index (χ4v) is 2.13. The van der Waals surface area contributed by atoms with Crippen LogP contribution in [0.4, 0.5) is 5.69 Å². The summed E-state index contributed by atoms with van der Waals surface area (Å²) in [4.78, 5) is 10.3. The number of rotatable bonds is 1. The zero-order valence-electron chi connectivity index (χ0n) is 7.37. The van der Waals surface area contributed by atoms with Gasteiger partial charge in [-0.3, -0.25) is 10.1 Å². The Morgan fingerprint density at radius 1 is 1.57 bits per heavy atom. The van der Waals surface area contributed by atoms with E-state index in [1.807, 2.05) is 0 Å². The summed E-state index contributed by atoms with van der Waals surface area (Å²) in [6, 6.07) is 3.24. The van der Waals surface area contributed by atoms with Crippen LogP contribution in [-0.2, 0) is 6.42 Å². The Bertz CT molecular complexity index is 406. The van der Waals surface area contributed by atoms with Crippen molar-refractivity contribution in [2.75, 3.05) is 0 Å². The quantitative estimate of drug-likeness (QED) is 0.573. The monoisotopic (exact) mass is 212 g/mol. The van der Waals surface area contributed by atoms with Crippen LogP contribution in [0.25, 0.3) is 0 Å². The Labute approximate surface area is 85.8 Å². The lowest BCUT2D eigenvalue weighted by Gasteiger charge is -2.05. The summed E-state index contributed by atoms with van der Waals surface area (Å²) in [5.41, 5.74) is 7.39. The van der Waals surface area contributed by atoms with Gasteiger partial charge in [0, 0.05) is 11.6 Å². The standard InChI is InChI=1S/C9H9ClN2O2/c10-7-3-1-5-6(2-4-8(5)11)9(7)12(13)14/h1,3,8H,2,4,11H2/t8-/m1/s1. The van der Waals surface area contributed by atoms with Gasteiger partial charge in [-0.15, -0.1) is 0 Å². The fourth-order valence-electron chi connectivity index (χ4n) is 1.89. The summed E-state index contributed by atoms with van der Waals surface area (Å²) in [5.74, 6) is 0. The normalized spacial score (nSPS) is 19.4. The molecule has 2 rings (SSSR count). The number of benzene rings is 1. The third kappa shape index (κ3) is 1.27. The summed E-state index contributed by atoms with van der Waals surface area (Å²) < 4.78 is 0. The van der Waals surface area contributed by atoms with E-state index in [2.05, 4.69) is 0 Å². The van der Waals surface area contributed by atoms with Crippen LogP contribution in [0.5, 0.6) is 0 Å². The number of hydrogen-bond acceptors (Lipinski definition) is 3. The molecule has 5 heteroatoms. The minimum atomic E-state index is -0.431. The number of fused-ring (bicyclic) bond motifs is 1. The van der Waals surface area contributed by atoms with E-state index in [-0.39, 0.29) is 16.8 Å². The van der Waals surface area contributed by atoms with Gasteiger partial charge in [0.2, 0.25) is 0 Å². The van der Waals surface area contributed by atoms with Crippen LogP contribution in [0, 0.1) is 10.1 Å². The van der Waals surface area contributed by atoms with Gasteiger partial charge >= 0.3 is 0 Å². The smallest absolute Gasteiger partial charge is 0.291 e. The molecule has 0 saturated heterocycles. The summed E-state index contributed by atoms with van der Waals surface area (Å²) in [6.45, 7) is 0. The Morgan fingerprint density at radius 3 is 2.93 bits per heavy atom. The van der Waals surface area contributed by atoms with Crippen molar-refractivity contribution >= 4 is 17.3 Å². The molecule has 0 bridgehead atoms. The first-order chi connectivity index (χ1) is 6.61. The maximum absolute atomic E-state index is 10.8. The summed E-state index contributed by atoms with van der Waals surface area (Å²) in [7, 11) is 0. The minimum Gasteiger partial charge on any atom is -0.324 e. The van der Waals surface area contributed by atoms with Gasteiger partial charge in [0.05, 0.1) is 4.92 Å². The second-order valence-corrected chi connectivity index (χ2v) is 3.77. The van der Waals surface area contributed by atoms with E-state index in [9.17, 15) is 10.1 Å². The van der Waals surface area contributed by atoms with Crippen molar-refractivity contribution in [3.05, 3.63) is 38.4 Å². The van der Waals surface area contributed by atoms with E-state index in [4.69, 9.17) is 17.3 Å². The number of nitro groups is 1. The Hall–Kier alpha value is -1.13. The third-order valence-electron chi connectivity index (χ3n) is 2.56. The second kappa shape index (κ2) is 3.22. The van der Waals surface area contributed by atoms with Gasteiger partial charge in [-0.1, -0.05) is 17.7 Å². The van der Waals surface area contributed by atoms with E-state index in [0.29, 0.717) is 12.0 Å². The number of halogens is 1. The Kier molecular flexibility index (Phi) is 2.17. The van der Waals surface area contributed by atoms with E-state index in [1.54, 1.807) is 12.1 Å². The molecule has 0 amide bonds. The molecule has 0 fully saturated rings. The first kappa shape index (κ1) is 9.43. The van der Waals surface area contributed by atoms with Crippen molar-refractivity contribution < 1.29 is 4.92 Å². The lowest BCUT2D eigenvalue weighted by molar-refractivity contribution is -0.385. The molecular formula is C9H9ClN2O2. The lowest BCUT2D eigenvalue weighted by Crippen LogP contribution is -2.05. The average Bonchev–Trinajstić information content (AvgIpc) is 2.47. The minimum absolute atomic E-state index is 0.0251. The van der Waals surface area contributed by atoms with Crippen LogP contribution >= 0.6 is 11.6 Å². The highest BCUT2D eigenvalue weighted by atomic mass is 35.5. The second-order valence-electron chi connectivity index (χ2n) is 3.37. The largest absolute Gasteiger partial charge is 0.324 e. The highest BCUT2D eigenvalue weighted by Crippen LogP contribution is 2.39. The van der Waals surface area contributed by atoms with Gasteiger partial charge in [-0.25, -0.2) is 0 Å². The van der Waals surface area contributed by atoms with Gasteiger partial charge < -0.3 is 5.73 Å². The van der Waals surface area contributed by atoms with Crippen molar-refractivity contribution in [3.8, 4) is 0 Å². The summed E-state index contributed by atoms with van der Waals surface area (Å²) in [5, 5.41) is 11.0. The number of hydrogen-bond donors (Lipinski definition) is 1. The molecule has 1 aliphatic rings. The Balaban J connectivity index is 2.65. The lowest BCUT2D eigenvalue weighted by atomic mass is 10.1.